The van der Waals surface area contributed by atoms with Crippen molar-refractivity contribution in [2.75, 3.05) is 51.3 Å². The molecule has 0 amide bonds. The summed E-state index contributed by atoms with van der Waals surface area (Å²) >= 11 is 0. The minimum absolute atomic E-state index is 0.287. The summed E-state index contributed by atoms with van der Waals surface area (Å²) in [6.45, 7) is 5.75. The summed E-state index contributed by atoms with van der Waals surface area (Å²) in [5.74, 6) is -1.10. The molecule has 0 radical (unpaired) electrons. The van der Waals surface area contributed by atoms with Crippen LogP contribution in [0, 0.1) is 0 Å². The van der Waals surface area contributed by atoms with Gasteiger partial charge in [-0.1, -0.05) is 18.2 Å². The van der Waals surface area contributed by atoms with E-state index in [0.29, 0.717) is 0 Å². The lowest BCUT2D eigenvalue weighted by molar-refractivity contribution is -0.900. The lowest BCUT2D eigenvalue weighted by atomic mass is 10.1. The fourth-order valence-corrected chi connectivity index (χ4v) is 2.70. The van der Waals surface area contributed by atoms with E-state index in [1.54, 1.807) is 24.1 Å². The van der Waals surface area contributed by atoms with E-state index in [4.69, 9.17) is 4.74 Å². The summed E-state index contributed by atoms with van der Waals surface area (Å²) in [4.78, 5) is 14.8. The molecule has 1 heterocycles. The van der Waals surface area contributed by atoms with Gasteiger partial charge in [-0.2, -0.15) is 0 Å². The van der Waals surface area contributed by atoms with Crippen LogP contribution in [0.15, 0.2) is 24.3 Å². The Balaban J connectivity index is 1.92. The fraction of sp³-hybridized carbons (Fsp3) is 0.533. The van der Waals surface area contributed by atoms with E-state index >= 15 is 0 Å². The number of ether oxygens (including phenoxy) is 1. The van der Waals surface area contributed by atoms with Crippen molar-refractivity contribution in [1.29, 1.82) is 0 Å². The van der Waals surface area contributed by atoms with Crippen LogP contribution in [-0.2, 0) is 4.74 Å². The molecule has 1 fully saturated rings. The van der Waals surface area contributed by atoms with E-state index in [1.807, 2.05) is 12.1 Å². The third-order valence-electron chi connectivity index (χ3n) is 3.81. The van der Waals surface area contributed by atoms with Crippen LogP contribution in [-0.4, -0.2) is 52.4 Å². The van der Waals surface area contributed by atoms with Gasteiger partial charge in [-0.25, -0.2) is 0 Å². The molecule has 0 saturated carbocycles. The molecule has 1 aliphatic heterocycles. The van der Waals surface area contributed by atoms with Crippen molar-refractivity contribution in [3.05, 3.63) is 29.8 Å². The van der Waals surface area contributed by atoms with Crippen molar-refractivity contribution in [3.8, 4) is 0 Å². The third kappa shape index (κ3) is 3.71. The van der Waals surface area contributed by atoms with Crippen molar-refractivity contribution in [3.63, 3.8) is 0 Å². The predicted octanol–water partition coefficient (Wildman–Crippen LogP) is -1.21. The quantitative estimate of drug-likeness (QED) is 0.664. The van der Waals surface area contributed by atoms with Gasteiger partial charge in [-0.05, 0) is 6.07 Å². The van der Waals surface area contributed by atoms with Crippen molar-refractivity contribution in [1.82, 2.24) is 0 Å². The summed E-state index contributed by atoms with van der Waals surface area (Å²) in [6, 6.07) is 7.09. The number of benzene rings is 1. The Kier molecular flexibility index (Phi) is 5.38. The van der Waals surface area contributed by atoms with E-state index in [2.05, 4.69) is 4.90 Å². The highest BCUT2D eigenvalue weighted by molar-refractivity contribution is 5.93. The first-order chi connectivity index (χ1) is 9.72. The van der Waals surface area contributed by atoms with Gasteiger partial charge in [-0.3, -0.25) is 0 Å². The molecule has 1 aromatic carbocycles. The number of nitrogens with zero attached hydrogens (tertiary/aromatic N) is 1. The van der Waals surface area contributed by atoms with Crippen molar-refractivity contribution in [2.24, 2.45) is 0 Å². The predicted molar refractivity (Wildman–Crippen MR) is 75.0 cm³/mol. The number of carboxylic acid groups (broad SMARTS) is 1. The maximum Gasteiger partial charge on any atom is 0.0949 e. The molecular weight excluding hydrogens is 256 g/mol. The van der Waals surface area contributed by atoms with Gasteiger partial charge in [0.05, 0.1) is 45.3 Å². The average Bonchev–Trinajstić information content (AvgIpc) is 2.48. The molecule has 1 saturated heterocycles. The molecule has 20 heavy (non-hydrogen) atoms. The third-order valence-corrected chi connectivity index (χ3v) is 3.81. The molecule has 5 heteroatoms. The number of carboxylic acids is 1. The Morgan fingerprint density at radius 1 is 1.35 bits per heavy atom. The number of carbonyl (C=O) groups excluding carboxylic acids is 1. The van der Waals surface area contributed by atoms with E-state index in [0.717, 1.165) is 51.4 Å². The van der Waals surface area contributed by atoms with Crippen LogP contribution in [0.5, 0.6) is 0 Å². The van der Waals surface area contributed by atoms with Gasteiger partial charge in [-0.15, -0.1) is 0 Å². The number of piperazine rings is 1. The molecular formula is C15H22N2O3. The van der Waals surface area contributed by atoms with Crippen LogP contribution in [0.3, 0.4) is 0 Å². The maximum atomic E-state index is 11.1. The van der Waals surface area contributed by atoms with Gasteiger partial charge < -0.3 is 24.4 Å². The van der Waals surface area contributed by atoms with Gasteiger partial charge in [0.1, 0.15) is 0 Å². The second-order valence-corrected chi connectivity index (χ2v) is 5.14. The smallest absolute Gasteiger partial charge is 0.0949 e. The molecule has 2 rings (SSSR count). The van der Waals surface area contributed by atoms with E-state index in [9.17, 15) is 9.90 Å². The van der Waals surface area contributed by atoms with Gasteiger partial charge in [0.25, 0.3) is 0 Å². The van der Waals surface area contributed by atoms with Crippen molar-refractivity contribution < 1.29 is 19.5 Å². The van der Waals surface area contributed by atoms with E-state index in [-0.39, 0.29) is 5.56 Å². The Hall–Kier alpha value is -1.59. The van der Waals surface area contributed by atoms with Crippen LogP contribution in [0.2, 0.25) is 0 Å². The first-order valence-corrected chi connectivity index (χ1v) is 7.10. The monoisotopic (exact) mass is 278 g/mol. The van der Waals surface area contributed by atoms with Gasteiger partial charge in [0.2, 0.25) is 0 Å². The lowest BCUT2D eigenvalue weighted by Gasteiger charge is -2.34. The zero-order valence-electron chi connectivity index (χ0n) is 11.9. The number of nitrogens with one attached hydrogen (secondary N) is 1. The van der Waals surface area contributed by atoms with Crippen molar-refractivity contribution >= 4 is 11.7 Å². The molecule has 0 atom stereocenters. The van der Waals surface area contributed by atoms with Crippen molar-refractivity contribution in [2.45, 2.75) is 6.42 Å². The number of carbonyl (C=O) groups is 1. The maximum absolute atomic E-state index is 11.1. The lowest BCUT2D eigenvalue weighted by Crippen LogP contribution is -3.14. The summed E-state index contributed by atoms with van der Waals surface area (Å²) in [7, 11) is 1.73. The highest BCUT2D eigenvalue weighted by atomic mass is 16.5. The number of para-hydroxylation sites is 1. The van der Waals surface area contributed by atoms with Crippen LogP contribution in [0.25, 0.3) is 0 Å². The van der Waals surface area contributed by atoms with Crippen LogP contribution < -0.4 is 14.9 Å². The largest absolute Gasteiger partial charge is 0.545 e. The Morgan fingerprint density at radius 3 is 2.70 bits per heavy atom. The number of quaternary nitrogens is 1. The summed E-state index contributed by atoms with van der Waals surface area (Å²) in [5, 5.41) is 11.1. The number of rotatable bonds is 6. The molecule has 1 aromatic rings. The second-order valence-electron chi connectivity index (χ2n) is 5.14. The SMILES string of the molecule is COCCC[NH+]1CCN(c2ccccc2C(=O)[O-])CC1. The Labute approximate surface area is 119 Å². The zero-order valence-corrected chi connectivity index (χ0v) is 11.9. The number of anilines is 1. The fourth-order valence-electron chi connectivity index (χ4n) is 2.70. The first kappa shape index (κ1) is 14.8. The van der Waals surface area contributed by atoms with Crippen LogP contribution in [0.1, 0.15) is 16.8 Å². The highest BCUT2D eigenvalue weighted by Gasteiger charge is 2.21. The minimum atomic E-state index is -1.10. The Morgan fingerprint density at radius 2 is 2.05 bits per heavy atom. The number of hydrogen-bond donors (Lipinski definition) is 1. The molecule has 0 unspecified atom stereocenters. The molecule has 0 aliphatic carbocycles. The topological polar surface area (TPSA) is 57.0 Å². The number of methoxy groups -OCH3 is 1. The molecule has 1 aliphatic rings. The minimum Gasteiger partial charge on any atom is -0.545 e. The van der Waals surface area contributed by atoms with Gasteiger partial charge in [0, 0.05) is 24.8 Å². The summed E-state index contributed by atoms with van der Waals surface area (Å²) in [5.41, 5.74) is 1.07. The second kappa shape index (κ2) is 7.26. The first-order valence-electron chi connectivity index (χ1n) is 7.10. The molecule has 5 nitrogen and oxygen atoms in total. The van der Waals surface area contributed by atoms with Crippen LogP contribution >= 0.6 is 0 Å². The normalized spacial score (nSPS) is 16.4. The summed E-state index contributed by atoms with van der Waals surface area (Å²) < 4.78 is 5.07. The highest BCUT2D eigenvalue weighted by Crippen LogP contribution is 2.19. The molecule has 1 N–H and O–H groups in total. The molecule has 0 spiro atoms. The summed E-state index contributed by atoms with van der Waals surface area (Å²) in [6.07, 6.45) is 1.07. The Bertz CT molecular complexity index is 442. The molecule has 0 bridgehead atoms. The van der Waals surface area contributed by atoms with E-state index in [1.165, 1.54) is 0 Å². The molecule has 110 valence electrons. The number of hydrogen-bond acceptors (Lipinski definition) is 4. The molecule has 0 aromatic heterocycles. The van der Waals surface area contributed by atoms with Gasteiger partial charge >= 0.3 is 0 Å². The van der Waals surface area contributed by atoms with E-state index < -0.39 is 5.97 Å². The van der Waals surface area contributed by atoms with Crippen LogP contribution in [0.4, 0.5) is 5.69 Å². The standard InChI is InChI=1S/C15H22N2O3/c1-20-12-4-7-16-8-10-17(11-9-16)14-6-3-2-5-13(14)15(18)19/h2-3,5-6H,4,7-12H2,1H3,(H,18,19). The zero-order chi connectivity index (χ0) is 14.4. The van der Waals surface area contributed by atoms with Gasteiger partial charge in [0.15, 0.2) is 0 Å². The average molecular weight is 278 g/mol. The number of aromatic carboxylic acids is 1.